The van der Waals surface area contributed by atoms with Crippen molar-refractivity contribution in [3.63, 3.8) is 0 Å². The van der Waals surface area contributed by atoms with Crippen LogP contribution in [0, 0.1) is 0 Å². The van der Waals surface area contributed by atoms with E-state index in [4.69, 9.17) is 13.9 Å². The second-order valence-electron chi connectivity index (χ2n) is 3.20. The molecule has 0 N–H and O–H groups in total. The molecule has 15 heavy (non-hydrogen) atoms. The first-order chi connectivity index (χ1) is 7.33. The molecule has 4 nitrogen and oxygen atoms in total. The van der Waals surface area contributed by atoms with Crippen LogP contribution in [-0.2, 0) is 20.7 Å². The van der Waals surface area contributed by atoms with Crippen LogP contribution < -0.4 is 0 Å². The number of furan rings is 1. The SMILES string of the molecule is COCCOCCC(=O)Cc1ccoc1. The molecule has 84 valence electrons. The lowest BCUT2D eigenvalue weighted by atomic mass is 10.1. The highest BCUT2D eigenvalue weighted by atomic mass is 16.5. The number of carbonyl (C=O) groups is 1. The minimum absolute atomic E-state index is 0.161. The maximum absolute atomic E-state index is 11.4. The monoisotopic (exact) mass is 212 g/mol. The normalized spacial score (nSPS) is 10.5. The number of ketones is 1. The lowest BCUT2D eigenvalue weighted by Gasteiger charge is -2.02. The fourth-order valence-corrected chi connectivity index (χ4v) is 1.14. The van der Waals surface area contributed by atoms with Crippen molar-refractivity contribution in [2.24, 2.45) is 0 Å². The summed E-state index contributed by atoms with van der Waals surface area (Å²) in [5.74, 6) is 0.161. The van der Waals surface area contributed by atoms with E-state index < -0.39 is 0 Å². The van der Waals surface area contributed by atoms with Gasteiger partial charge in [0, 0.05) is 20.0 Å². The number of Topliss-reactive ketones (excluding diaryl/α,β-unsaturated/α-hetero) is 1. The Bertz CT molecular complexity index is 266. The van der Waals surface area contributed by atoms with Crippen LogP contribution in [0.2, 0.25) is 0 Å². The van der Waals surface area contributed by atoms with Gasteiger partial charge in [0.05, 0.1) is 32.3 Å². The average molecular weight is 212 g/mol. The lowest BCUT2D eigenvalue weighted by molar-refractivity contribution is -0.119. The van der Waals surface area contributed by atoms with Crippen molar-refractivity contribution in [3.05, 3.63) is 24.2 Å². The summed E-state index contributed by atoms with van der Waals surface area (Å²) in [6.45, 7) is 1.56. The number of ether oxygens (including phenoxy) is 2. The first-order valence-corrected chi connectivity index (χ1v) is 4.92. The van der Waals surface area contributed by atoms with Gasteiger partial charge in [-0.25, -0.2) is 0 Å². The minimum atomic E-state index is 0.161. The first kappa shape index (κ1) is 11.9. The Morgan fingerprint density at radius 1 is 1.40 bits per heavy atom. The molecule has 1 aromatic rings. The van der Waals surface area contributed by atoms with Crippen molar-refractivity contribution in [1.82, 2.24) is 0 Å². The van der Waals surface area contributed by atoms with Crippen LogP contribution in [0.15, 0.2) is 23.0 Å². The third-order valence-corrected chi connectivity index (χ3v) is 1.94. The Kier molecular flexibility index (Phi) is 5.73. The summed E-state index contributed by atoms with van der Waals surface area (Å²) in [5, 5.41) is 0. The highest BCUT2D eigenvalue weighted by Gasteiger charge is 2.04. The summed E-state index contributed by atoms with van der Waals surface area (Å²) in [7, 11) is 1.62. The zero-order valence-corrected chi connectivity index (χ0v) is 8.90. The second-order valence-corrected chi connectivity index (χ2v) is 3.20. The van der Waals surface area contributed by atoms with Gasteiger partial charge in [0.25, 0.3) is 0 Å². The number of hydrogen-bond donors (Lipinski definition) is 0. The molecule has 0 fully saturated rings. The summed E-state index contributed by atoms with van der Waals surface area (Å²) >= 11 is 0. The zero-order chi connectivity index (χ0) is 10.9. The molecular weight excluding hydrogens is 196 g/mol. The Hall–Kier alpha value is -1.13. The number of carbonyl (C=O) groups excluding carboxylic acids is 1. The van der Waals surface area contributed by atoms with Crippen LogP contribution in [0.3, 0.4) is 0 Å². The van der Waals surface area contributed by atoms with Gasteiger partial charge in [0.1, 0.15) is 5.78 Å². The topological polar surface area (TPSA) is 48.7 Å². The van der Waals surface area contributed by atoms with Crippen LogP contribution in [0.1, 0.15) is 12.0 Å². The molecule has 0 radical (unpaired) electrons. The van der Waals surface area contributed by atoms with E-state index in [0.29, 0.717) is 32.7 Å². The summed E-state index contributed by atoms with van der Waals surface area (Å²) in [4.78, 5) is 11.4. The van der Waals surface area contributed by atoms with E-state index in [-0.39, 0.29) is 5.78 Å². The molecule has 0 atom stereocenters. The van der Waals surface area contributed by atoms with E-state index in [1.165, 1.54) is 0 Å². The van der Waals surface area contributed by atoms with Crippen molar-refractivity contribution in [2.75, 3.05) is 26.9 Å². The van der Waals surface area contributed by atoms with Gasteiger partial charge in [-0.1, -0.05) is 0 Å². The Morgan fingerprint density at radius 3 is 2.93 bits per heavy atom. The van der Waals surface area contributed by atoms with E-state index in [0.717, 1.165) is 5.56 Å². The van der Waals surface area contributed by atoms with Crippen molar-refractivity contribution in [1.29, 1.82) is 0 Å². The van der Waals surface area contributed by atoms with Crippen LogP contribution in [0.25, 0.3) is 0 Å². The smallest absolute Gasteiger partial charge is 0.139 e. The Morgan fingerprint density at radius 2 is 2.27 bits per heavy atom. The highest BCUT2D eigenvalue weighted by Crippen LogP contribution is 2.02. The fraction of sp³-hybridized carbons (Fsp3) is 0.545. The molecule has 0 spiro atoms. The molecule has 0 aromatic carbocycles. The van der Waals surface area contributed by atoms with E-state index in [9.17, 15) is 4.79 Å². The summed E-state index contributed by atoms with van der Waals surface area (Å²) < 4.78 is 14.9. The highest BCUT2D eigenvalue weighted by molar-refractivity contribution is 5.80. The minimum Gasteiger partial charge on any atom is -0.472 e. The van der Waals surface area contributed by atoms with E-state index in [1.807, 2.05) is 0 Å². The standard InChI is InChI=1S/C11H16O4/c1-13-6-7-14-5-3-11(12)8-10-2-4-15-9-10/h2,4,9H,3,5-8H2,1H3. The van der Waals surface area contributed by atoms with Gasteiger partial charge in [-0.05, 0) is 11.6 Å². The quantitative estimate of drug-likeness (QED) is 0.612. The average Bonchev–Trinajstić information content (AvgIpc) is 2.70. The molecule has 1 rings (SSSR count). The van der Waals surface area contributed by atoms with Crippen molar-refractivity contribution in [3.8, 4) is 0 Å². The second kappa shape index (κ2) is 7.20. The summed E-state index contributed by atoms with van der Waals surface area (Å²) in [5.41, 5.74) is 0.914. The predicted octanol–water partition coefficient (Wildman–Crippen LogP) is 1.44. The van der Waals surface area contributed by atoms with Gasteiger partial charge in [-0.3, -0.25) is 4.79 Å². The molecule has 0 aliphatic heterocycles. The molecule has 0 saturated heterocycles. The van der Waals surface area contributed by atoms with Crippen LogP contribution in [0.4, 0.5) is 0 Å². The van der Waals surface area contributed by atoms with Crippen molar-refractivity contribution in [2.45, 2.75) is 12.8 Å². The van der Waals surface area contributed by atoms with Crippen LogP contribution >= 0.6 is 0 Å². The number of rotatable bonds is 8. The third-order valence-electron chi connectivity index (χ3n) is 1.94. The summed E-state index contributed by atoms with van der Waals surface area (Å²) in [6.07, 6.45) is 4.01. The van der Waals surface area contributed by atoms with Crippen molar-refractivity contribution >= 4 is 5.78 Å². The molecule has 4 heteroatoms. The van der Waals surface area contributed by atoms with E-state index in [2.05, 4.69) is 0 Å². The zero-order valence-electron chi connectivity index (χ0n) is 8.90. The number of hydrogen-bond acceptors (Lipinski definition) is 4. The molecule has 0 aliphatic carbocycles. The van der Waals surface area contributed by atoms with Gasteiger partial charge >= 0.3 is 0 Å². The third kappa shape index (κ3) is 5.34. The van der Waals surface area contributed by atoms with Gasteiger partial charge < -0.3 is 13.9 Å². The molecule has 0 aliphatic rings. The maximum atomic E-state index is 11.4. The maximum Gasteiger partial charge on any atom is 0.139 e. The number of methoxy groups -OCH3 is 1. The Labute approximate surface area is 89.2 Å². The van der Waals surface area contributed by atoms with Gasteiger partial charge in [-0.15, -0.1) is 0 Å². The molecule has 0 saturated carbocycles. The van der Waals surface area contributed by atoms with Crippen molar-refractivity contribution < 1.29 is 18.7 Å². The van der Waals surface area contributed by atoms with Gasteiger partial charge in [-0.2, -0.15) is 0 Å². The van der Waals surface area contributed by atoms with E-state index in [1.54, 1.807) is 25.7 Å². The molecular formula is C11H16O4. The lowest BCUT2D eigenvalue weighted by Crippen LogP contribution is -2.09. The Balaban J connectivity index is 2.04. The fourth-order valence-electron chi connectivity index (χ4n) is 1.14. The van der Waals surface area contributed by atoms with Gasteiger partial charge in [0.2, 0.25) is 0 Å². The van der Waals surface area contributed by atoms with Gasteiger partial charge in [0.15, 0.2) is 0 Å². The summed E-state index contributed by atoms with van der Waals surface area (Å²) in [6, 6.07) is 1.80. The van der Waals surface area contributed by atoms with E-state index >= 15 is 0 Å². The molecule has 0 unspecified atom stereocenters. The van der Waals surface area contributed by atoms with Crippen LogP contribution in [0.5, 0.6) is 0 Å². The molecule has 0 amide bonds. The first-order valence-electron chi connectivity index (χ1n) is 4.92. The molecule has 1 heterocycles. The predicted molar refractivity (Wildman–Crippen MR) is 54.7 cm³/mol. The molecule has 1 aromatic heterocycles. The largest absolute Gasteiger partial charge is 0.472 e. The van der Waals surface area contributed by atoms with Crippen LogP contribution in [-0.4, -0.2) is 32.7 Å². The molecule has 0 bridgehead atoms.